The van der Waals surface area contributed by atoms with Crippen molar-refractivity contribution in [3.8, 4) is 11.3 Å². The van der Waals surface area contributed by atoms with Crippen molar-refractivity contribution in [1.82, 2.24) is 10.2 Å². The van der Waals surface area contributed by atoms with Crippen LogP contribution in [-0.4, -0.2) is 16.1 Å². The molecule has 0 bridgehead atoms. The van der Waals surface area contributed by atoms with Crippen molar-refractivity contribution >= 4 is 5.91 Å². The summed E-state index contributed by atoms with van der Waals surface area (Å²) in [4.78, 5) is 10.9. The highest BCUT2D eigenvalue weighted by Gasteiger charge is 2.07. The van der Waals surface area contributed by atoms with E-state index >= 15 is 0 Å². The zero-order valence-electron chi connectivity index (χ0n) is 9.90. The molecule has 88 valence electrons. The number of rotatable bonds is 3. The van der Waals surface area contributed by atoms with Gasteiger partial charge in [-0.3, -0.25) is 9.89 Å². The molecule has 0 unspecified atom stereocenters. The molecule has 0 atom stereocenters. The lowest BCUT2D eigenvalue weighted by molar-refractivity contribution is 0.0995. The van der Waals surface area contributed by atoms with Gasteiger partial charge >= 0.3 is 0 Å². The Morgan fingerprint density at radius 1 is 1.29 bits per heavy atom. The van der Waals surface area contributed by atoms with Gasteiger partial charge in [0, 0.05) is 5.56 Å². The summed E-state index contributed by atoms with van der Waals surface area (Å²) in [5.74, 6) is 0.00645. The lowest BCUT2D eigenvalue weighted by atomic mass is 10.0. The number of benzene rings is 1. The van der Waals surface area contributed by atoms with E-state index in [1.165, 1.54) is 5.56 Å². The van der Waals surface area contributed by atoms with Crippen molar-refractivity contribution in [2.24, 2.45) is 5.73 Å². The second-order valence-corrected chi connectivity index (χ2v) is 4.31. The SMILES string of the molecule is CC(C)c1ccc(-c2cc(C(N)=O)[nH]n2)cc1. The molecule has 2 rings (SSSR count). The number of H-pyrrole nitrogens is 1. The van der Waals surface area contributed by atoms with E-state index in [0.717, 1.165) is 11.3 Å². The predicted octanol–water partition coefficient (Wildman–Crippen LogP) is 2.30. The maximum absolute atomic E-state index is 10.9. The zero-order chi connectivity index (χ0) is 12.4. The first-order valence-electron chi connectivity index (χ1n) is 5.53. The highest BCUT2D eigenvalue weighted by Crippen LogP contribution is 2.21. The molecule has 2 aromatic rings. The Morgan fingerprint density at radius 3 is 2.41 bits per heavy atom. The normalized spacial score (nSPS) is 10.8. The summed E-state index contributed by atoms with van der Waals surface area (Å²) < 4.78 is 0. The summed E-state index contributed by atoms with van der Waals surface area (Å²) in [5.41, 5.74) is 8.46. The lowest BCUT2D eigenvalue weighted by Gasteiger charge is -2.05. The van der Waals surface area contributed by atoms with Crippen LogP contribution in [0.5, 0.6) is 0 Å². The monoisotopic (exact) mass is 229 g/mol. The number of nitrogens with zero attached hydrogens (tertiary/aromatic N) is 1. The van der Waals surface area contributed by atoms with Gasteiger partial charge in [0.2, 0.25) is 0 Å². The van der Waals surface area contributed by atoms with Crippen molar-refractivity contribution in [2.45, 2.75) is 19.8 Å². The Kier molecular flexibility index (Phi) is 2.95. The third kappa shape index (κ3) is 2.36. The van der Waals surface area contributed by atoms with Crippen molar-refractivity contribution in [2.75, 3.05) is 0 Å². The summed E-state index contributed by atoms with van der Waals surface area (Å²) in [5, 5.41) is 6.67. The van der Waals surface area contributed by atoms with Gasteiger partial charge in [0.1, 0.15) is 5.69 Å². The summed E-state index contributed by atoms with van der Waals surface area (Å²) in [6.45, 7) is 4.30. The number of amides is 1. The van der Waals surface area contributed by atoms with Gasteiger partial charge in [0.05, 0.1) is 5.69 Å². The van der Waals surface area contributed by atoms with Crippen LogP contribution in [0, 0.1) is 0 Å². The van der Waals surface area contributed by atoms with Gasteiger partial charge in [-0.25, -0.2) is 0 Å². The average molecular weight is 229 g/mol. The van der Waals surface area contributed by atoms with Crippen LogP contribution in [0.1, 0.15) is 35.8 Å². The van der Waals surface area contributed by atoms with Gasteiger partial charge in [-0.1, -0.05) is 38.1 Å². The predicted molar refractivity (Wildman–Crippen MR) is 66.6 cm³/mol. The molecule has 1 aromatic carbocycles. The summed E-state index contributed by atoms with van der Waals surface area (Å²) >= 11 is 0. The second-order valence-electron chi connectivity index (χ2n) is 4.31. The number of aromatic amines is 1. The molecule has 17 heavy (non-hydrogen) atoms. The van der Waals surface area contributed by atoms with Crippen molar-refractivity contribution in [3.05, 3.63) is 41.6 Å². The number of nitrogens with two attached hydrogens (primary N) is 1. The van der Waals surface area contributed by atoms with Crippen LogP contribution >= 0.6 is 0 Å². The number of carbonyl (C=O) groups excluding carboxylic acids is 1. The lowest BCUT2D eigenvalue weighted by Crippen LogP contribution is -2.10. The summed E-state index contributed by atoms with van der Waals surface area (Å²) in [7, 11) is 0. The summed E-state index contributed by atoms with van der Waals surface area (Å²) in [6, 6.07) is 9.79. The topological polar surface area (TPSA) is 71.8 Å². The third-order valence-corrected chi connectivity index (χ3v) is 2.72. The molecule has 4 nitrogen and oxygen atoms in total. The first-order valence-corrected chi connectivity index (χ1v) is 5.53. The second kappa shape index (κ2) is 4.41. The first-order chi connectivity index (χ1) is 8.08. The molecule has 0 saturated heterocycles. The fraction of sp³-hybridized carbons (Fsp3) is 0.231. The van der Waals surface area contributed by atoms with Crippen molar-refractivity contribution in [1.29, 1.82) is 0 Å². The minimum absolute atomic E-state index is 0.327. The smallest absolute Gasteiger partial charge is 0.266 e. The number of aromatic nitrogens is 2. The standard InChI is InChI=1S/C13H15N3O/c1-8(2)9-3-5-10(6-4-9)11-7-12(13(14)17)16-15-11/h3-8H,1-2H3,(H2,14,17)(H,15,16). The van der Waals surface area contributed by atoms with E-state index in [4.69, 9.17) is 5.73 Å². The summed E-state index contributed by atoms with van der Waals surface area (Å²) in [6.07, 6.45) is 0. The van der Waals surface area contributed by atoms with Gasteiger partial charge in [0.25, 0.3) is 5.91 Å². The van der Waals surface area contributed by atoms with E-state index in [1.54, 1.807) is 6.07 Å². The van der Waals surface area contributed by atoms with Crippen LogP contribution in [-0.2, 0) is 0 Å². The van der Waals surface area contributed by atoms with Crippen LogP contribution < -0.4 is 5.73 Å². The molecule has 3 N–H and O–H groups in total. The van der Waals surface area contributed by atoms with Crippen LogP contribution in [0.25, 0.3) is 11.3 Å². The largest absolute Gasteiger partial charge is 0.364 e. The average Bonchev–Trinajstić information content (AvgIpc) is 2.78. The molecular formula is C13H15N3O. The molecule has 1 amide bonds. The minimum atomic E-state index is -0.498. The Hall–Kier alpha value is -2.10. The Labute approximate surface area is 99.8 Å². The number of nitrogens with one attached hydrogen (secondary N) is 1. The molecule has 0 radical (unpaired) electrons. The zero-order valence-corrected chi connectivity index (χ0v) is 9.90. The van der Waals surface area contributed by atoms with E-state index < -0.39 is 5.91 Å². The molecule has 0 aliphatic rings. The Balaban J connectivity index is 2.30. The number of primary amides is 1. The molecule has 4 heteroatoms. The molecular weight excluding hydrogens is 214 g/mol. The quantitative estimate of drug-likeness (QED) is 0.847. The Bertz CT molecular complexity index is 526. The number of hydrogen-bond acceptors (Lipinski definition) is 2. The van der Waals surface area contributed by atoms with E-state index in [9.17, 15) is 4.79 Å². The van der Waals surface area contributed by atoms with E-state index in [0.29, 0.717) is 11.6 Å². The molecule has 0 aliphatic heterocycles. The number of hydrogen-bond donors (Lipinski definition) is 2. The maximum atomic E-state index is 10.9. The van der Waals surface area contributed by atoms with Crippen LogP contribution in [0.3, 0.4) is 0 Å². The highest BCUT2D eigenvalue weighted by molar-refractivity contribution is 5.91. The highest BCUT2D eigenvalue weighted by atomic mass is 16.1. The molecule has 0 saturated carbocycles. The fourth-order valence-electron chi connectivity index (χ4n) is 1.63. The van der Waals surface area contributed by atoms with Gasteiger partial charge < -0.3 is 5.73 Å². The first kappa shape index (κ1) is 11.4. The van der Waals surface area contributed by atoms with Gasteiger partial charge in [-0.05, 0) is 17.5 Å². The van der Waals surface area contributed by atoms with Gasteiger partial charge in [-0.2, -0.15) is 5.10 Å². The third-order valence-electron chi connectivity index (χ3n) is 2.72. The van der Waals surface area contributed by atoms with Gasteiger partial charge in [-0.15, -0.1) is 0 Å². The van der Waals surface area contributed by atoms with E-state index in [-0.39, 0.29) is 0 Å². The fourth-order valence-corrected chi connectivity index (χ4v) is 1.63. The molecule has 1 aromatic heterocycles. The molecule has 0 spiro atoms. The van der Waals surface area contributed by atoms with Crippen LogP contribution in [0.4, 0.5) is 0 Å². The van der Waals surface area contributed by atoms with Crippen LogP contribution in [0.15, 0.2) is 30.3 Å². The van der Waals surface area contributed by atoms with Crippen molar-refractivity contribution < 1.29 is 4.79 Å². The Morgan fingerprint density at radius 2 is 1.94 bits per heavy atom. The molecule has 0 fully saturated rings. The van der Waals surface area contributed by atoms with E-state index in [2.05, 4.69) is 36.2 Å². The number of carbonyl (C=O) groups is 1. The minimum Gasteiger partial charge on any atom is -0.364 e. The maximum Gasteiger partial charge on any atom is 0.266 e. The van der Waals surface area contributed by atoms with Crippen LogP contribution in [0.2, 0.25) is 0 Å². The van der Waals surface area contributed by atoms with Crippen molar-refractivity contribution in [3.63, 3.8) is 0 Å². The molecule has 0 aliphatic carbocycles. The van der Waals surface area contributed by atoms with E-state index in [1.807, 2.05) is 12.1 Å². The van der Waals surface area contributed by atoms with Gasteiger partial charge in [0.15, 0.2) is 0 Å². The molecule has 1 heterocycles.